The summed E-state index contributed by atoms with van der Waals surface area (Å²) in [6.45, 7) is 7.11. The molecule has 0 atom stereocenters. The molecule has 0 fully saturated rings. The minimum Gasteiger partial charge on any atom is -0.496 e. The Bertz CT molecular complexity index is 1380. The first-order chi connectivity index (χ1) is 15.3. The van der Waals surface area contributed by atoms with Crippen molar-refractivity contribution >= 4 is 22.4 Å². The quantitative estimate of drug-likeness (QED) is 0.498. The molecule has 0 amide bonds. The first kappa shape index (κ1) is 21.5. The number of benzene rings is 1. The maximum absolute atomic E-state index is 9.91. The third-order valence-electron chi connectivity index (χ3n) is 5.64. The van der Waals surface area contributed by atoms with E-state index in [1.165, 1.54) is 0 Å². The third kappa shape index (κ3) is 3.29. The van der Waals surface area contributed by atoms with Gasteiger partial charge in [0.25, 0.3) is 0 Å². The summed E-state index contributed by atoms with van der Waals surface area (Å²) in [4.78, 5) is 6.70. The average Bonchev–Trinajstić information content (AvgIpc) is 3.27. The van der Waals surface area contributed by atoms with Crippen LogP contribution in [0.15, 0.2) is 18.2 Å². The Kier molecular flexibility index (Phi) is 5.40. The molecule has 3 aromatic heterocycles. The molecule has 3 heterocycles. The minimum atomic E-state index is 0.284. The molecule has 0 aliphatic heterocycles. The number of rotatable bonds is 6. The predicted octanol–water partition coefficient (Wildman–Crippen LogP) is 3.00. The van der Waals surface area contributed by atoms with Gasteiger partial charge in [-0.05, 0) is 52.6 Å². The summed E-state index contributed by atoms with van der Waals surface area (Å²) in [6, 6.07) is 8.37. The number of aryl methyl sites for hydroxylation is 2. The van der Waals surface area contributed by atoms with Crippen LogP contribution in [0.3, 0.4) is 0 Å². The molecule has 1 aromatic carbocycles. The van der Waals surface area contributed by atoms with Crippen molar-refractivity contribution < 1.29 is 9.47 Å². The molecule has 32 heavy (non-hydrogen) atoms. The Morgan fingerprint density at radius 3 is 2.62 bits per heavy atom. The van der Waals surface area contributed by atoms with E-state index in [4.69, 9.17) is 15.2 Å². The number of methoxy groups -OCH3 is 1. The zero-order chi connectivity index (χ0) is 23.2. The number of nitrogen functional groups attached to an aromatic ring is 1. The molecule has 0 aliphatic carbocycles. The summed E-state index contributed by atoms with van der Waals surface area (Å²) in [7, 11) is 5.59. The number of fused-ring (bicyclic) bond motifs is 3. The number of hydrogen-bond donors (Lipinski definition) is 1. The molecule has 4 aromatic rings. The van der Waals surface area contributed by atoms with Gasteiger partial charge in [-0.25, -0.2) is 4.52 Å². The summed E-state index contributed by atoms with van der Waals surface area (Å²) < 4.78 is 14.9. The van der Waals surface area contributed by atoms with Crippen molar-refractivity contribution in [3.8, 4) is 23.5 Å². The van der Waals surface area contributed by atoms with Crippen LogP contribution in [0.2, 0.25) is 0 Å². The second-order valence-corrected chi connectivity index (χ2v) is 8.10. The Morgan fingerprint density at radius 1 is 1.22 bits per heavy atom. The molecule has 0 bridgehead atoms. The van der Waals surface area contributed by atoms with Gasteiger partial charge in [0.05, 0.1) is 12.8 Å². The SMILES string of the molecule is COc1ccc(C)c(-n2c(N)c(C#N)c3cc(C)n4nc(OCCN(C)C)nc4c32)c1C. The fourth-order valence-corrected chi connectivity index (χ4v) is 4.05. The van der Waals surface area contributed by atoms with Gasteiger partial charge in [-0.1, -0.05) is 6.07 Å². The van der Waals surface area contributed by atoms with Crippen LogP contribution in [0.1, 0.15) is 22.4 Å². The third-order valence-corrected chi connectivity index (χ3v) is 5.64. The molecule has 0 spiro atoms. The van der Waals surface area contributed by atoms with E-state index in [1.54, 1.807) is 11.6 Å². The number of likely N-dealkylation sites (N-methyl/N-ethyl adjacent to an activating group) is 1. The second kappa shape index (κ2) is 8.05. The molecule has 0 saturated carbocycles. The van der Waals surface area contributed by atoms with E-state index < -0.39 is 0 Å². The lowest BCUT2D eigenvalue weighted by Crippen LogP contribution is -2.19. The zero-order valence-electron chi connectivity index (χ0n) is 19.2. The van der Waals surface area contributed by atoms with Gasteiger partial charge in [-0.15, -0.1) is 5.10 Å². The zero-order valence-corrected chi connectivity index (χ0v) is 19.2. The maximum Gasteiger partial charge on any atom is 0.336 e. The highest BCUT2D eigenvalue weighted by atomic mass is 16.5. The van der Waals surface area contributed by atoms with Crippen molar-refractivity contribution in [1.29, 1.82) is 5.26 Å². The van der Waals surface area contributed by atoms with Crippen molar-refractivity contribution in [3.63, 3.8) is 0 Å². The van der Waals surface area contributed by atoms with Crippen molar-refractivity contribution in [1.82, 2.24) is 24.1 Å². The Hall–Kier alpha value is -3.77. The van der Waals surface area contributed by atoms with Crippen LogP contribution in [0.4, 0.5) is 5.82 Å². The van der Waals surface area contributed by atoms with E-state index in [0.29, 0.717) is 29.2 Å². The Morgan fingerprint density at radius 2 is 1.97 bits per heavy atom. The summed E-state index contributed by atoms with van der Waals surface area (Å²) in [5.41, 5.74) is 11.9. The highest BCUT2D eigenvalue weighted by Gasteiger charge is 2.24. The highest BCUT2D eigenvalue weighted by molar-refractivity contribution is 6.01. The minimum absolute atomic E-state index is 0.284. The molecular weight excluding hydrogens is 406 g/mol. The average molecular weight is 434 g/mol. The molecule has 2 N–H and O–H groups in total. The number of nitrogens with two attached hydrogens (primary N) is 1. The van der Waals surface area contributed by atoms with Crippen molar-refractivity contribution in [3.05, 3.63) is 40.6 Å². The highest BCUT2D eigenvalue weighted by Crippen LogP contribution is 2.38. The fraction of sp³-hybridized carbons (Fsp3) is 0.348. The van der Waals surface area contributed by atoms with Crippen LogP contribution in [-0.4, -0.2) is 58.4 Å². The molecular formula is C23H27N7O2. The van der Waals surface area contributed by atoms with Crippen LogP contribution in [-0.2, 0) is 0 Å². The van der Waals surface area contributed by atoms with Gasteiger partial charge in [0.2, 0.25) is 0 Å². The van der Waals surface area contributed by atoms with Crippen LogP contribution >= 0.6 is 0 Å². The molecule has 0 unspecified atom stereocenters. The molecule has 0 radical (unpaired) electrons. The Labute approximate surface area is 186 Å². The van der Waals surface area contributed by atoms with Gasteiger partial charge >= 0.3 is 6.01 Å². The van der Waals surface area contributed by atoms with Crippen molar-refractivity contribution in [2.75, 3.05) is 40.1 Å². The van der Waals surface area contributed by atoms with Crippen LogP contribution in [0.5, 0.6) is 11.8 Å². The topological polar surface area (TPSA) is 107 Å². The van der Waals surface area contributed by atoms with E-state index >= 15 is 0 Å². The van der Waals surface area contributed by atoms with Crippen molar-refractivity contribution in [2.45, 2.75) is 20.8 Å². The smallest absolute Gasteiger partial charge is 0.336 e. The first-order valence-corrected chi connectivity index (χ1v) is 10.3. The number of nitrogens with zero attached hydrogens (tertiary/aromatic N) is 6. The van der Waals surface area contributed by atoms with Gasteiger partial charge in [-0.3, -0.25) is 4.57 Å². The number of aromatic nitrogens is 4. The number of ether oxygens (including phenoxy) is 2. The summed E-state index contributed by atoms with van der Waals surface area (Å²) >= 11 is 0. The van der Waals surface area contributed by atoms with Gasteiger partial charge in [0.1, 0.15) is 35.3 Å². The van der Waals surface area contributed by atoms with E-state index in [-0.39, 0.29) is 6.01 Å². The predicted molar refractivity (Wildman–Crippen MR) is 124 cm³/mol. The van der Waals surface area contributed by atoms with Gasteiger partial charge in [0.15, 0.2) is 5.65 Å². The number of hydrogen-bond acceptors (Lipinski definition) is 7. The van der Waals surface area contributed by atoms with E-state index in [1.807, 2.05) is 62.5 Å². The normalized spacial score (nSPS) is 11.4. The van der Waals surface area contributed by atoms with Crippen LogP contribution < -0.4 is 15.2 Å². The van der Waals surface area contributed by atoms with Gasteiger partial charge in [-0.2, -0.15) is 10.2 Å². The van der Waals surface area contributed by atoms with Gasteiger partial charge < -0.3 is 20.1 Å². The largest absolute Gasteiger partial charge is 0.496 e. The molecule has 9 nitrogen and oxygen atoms in total. The lowest BCUT2D eigenvalue weighted by atomic mass is 10.1. The van der Waals surface area contributed by atoms with Gasteiger partial charge in [0, 0.05) is 23.2 Å². The Balaban J connectivity index is 2.05. The molecule has 4 rings (SSSR count). The summed E-state index contributed by atoms with van der Waals surface area (Å²) in [5, 5.41) is 15.2. The van der Waals surface area contributed by atoms with E-state index in [9.17, 15) is 5.26 Å². The maximum atomic E-state index is 9.91. The number of pyridine rings is 1. The fourth-order valence-electron chi connectivity index (χ4n) is 4.05. The lowest BCUT2D eigenvalue weighted by molar-refractivity contribution is 0.246. The lowest BCUT2D eigenvalue weighted by Gasteiger charge is -2.17. The standard InChI is InChI=1S/C23H27N7O2/c1-13-7-8-18(31-6)15(3)19(13)29-20-16(17(12-24)21(29)25)11-14(2)30-22(20)26-23(27-30)32-10-9-28(4)5/h7-8,11H,9-10,25H2,1-6H3. The number of nitriles is 1. The second-order valence-electron chi connectivity index (χ2n) is 8.10. The summed E-state index contributed by atoms with van der Waals surface area (Å²) in [5.74, 6) is 1.09. The molecule has 9 heteroatoms. The summed E-state index contributed by atoms with van der Waals surface area (Å²) in [6.07, 6.45) is 0. The van der Waals surface area contributed by atoms with E-state index in [0.717, 1.165) is 40.2 Å². The molecule has 0 aliphatic rings. The van der Waals surface area contributed by atoms with Crippen molar-refractivity contribution in [2.24, 2.45) is 0 Å². The monoisotopic (exact) mass is 433 g/mol. The first-order valence-electron chi connectivity index (χ1n) is 10.3. The van der Waals surface area contributed by atoms with Crippen LogP contribution in [0, 0.1) is 32.1 Å². The van der Waals surface area contributed by atoms with Crippen LogP contribution in [0.25, 0.3) is 22.2 Å². The number of anilines is 1. The molecule has 166 valence electrons. The van der Waals surface area contributed by atoms with E-state index in [2.05, 4.69) is 16.2 Å². The molecule has 0 saturated heterocycles.